The van der Waals surface area contributed by atoms with Crippen molar-refractivity contribution >= 4 is 17.6 Å². The topological polar surface area (TPSA) is 73.5 Å². The molecule has 1 atom stereocenters. The van der Waals surface area contributed by atoms with E-state index in [-0.39, 0.29) is 17.9 Å². The summed E-state index contributed by atoms with van der Waals surface area (Å²) >= 11 is 0. The molecule has 130 valence electrons. The lowest BCUT2D eigenvalue weighted by atomic mass is 9.88. The SMILES string of the molecule is CC(C(=O)NCc1cccc(NC(=O)N2CCCC2)c1)C1CNC1. The second kappa shape index (κ2) is 7.66. The maximum absolute atomic E-state index is 12.2. The second-order valence-corrected chi connectivity index (χ2v) is 6.75. The molecular formula is C18H26N4O2. The Hall–Kier alpha value is -2.08. The van der Waals surface area contributed by atoms with Crippen LogP contribution in [-0.4, -0.2) is 43.0 Å². The molecule has 6 nitrogen and oxygen atoms in total. The summed E-state index contributed by atoms with van der Waals surface area (Å²) in [5.41, 5.74) is 1.76. The molecule has 2 aliphatic rings. The lowest BCUT2D eigenvalue weighted by molar-refractivity contribution is -0.126. The number of hydrogen-bond donors (Lipinski definition) is 3. The van der Waals surface area contributed by atoms with Gasteiger partial charge in [-0.2, -0.15) is 0 Å². The van der Waals surface area contributed by atoms with Crippen LogP contribution in [0.1, 0.15) is 25.3 Å². The van der Waals surface area contributed by atoms with Gasteiger partial charge in [0.05, 0.1) is 0 Å². The quantitative estimate of drug-likeness (QED) is 0.770. The molecule has 0 saturated carbocycles. The van der Waals surface area contributed by atoms with Crippen molar-refractivity contribution in [2.75, 3.05) is 31.5 Å². The molecule has 24 heavy (non-hydrogen) atoms. The molecule has 6 heteroatoms. The fourth-order valence-corrected chi connectivity index (χ4v) is 3.11. The number of amides is 3. The van der Waals surface area contributed by atoms with Gasteiger partial charge >= 0.3 is 6.03 Å². The van der Waals surface area contributed by atoms with E-state index in [1.165, 1.54) is 0 Å². The third kappa shape index (κ3) is 4.06. The number of benzene rings is 1. The van der Waals surface area contributed by atoms with Gasteiger partial charge in [0.1, 0.15) is 0 Å². The van der Waals surface area contributed by atoms with Gasteiger partial charge in [0.2, 0.25) is 5.91 Å². The number of nitrogens with zero attached hydrogens (tertiary/aromatic N) is 1. The highest BCUT2D eigenvalue weighted by Gasteiger charge is 2.28. The predicted molar refractivity (Wildman–Crippen MR) is 93.6 cm³/mol. The van der Waals surface area contributed by atoms with E-state index in [0.717, 1.165) is 50.3 Å². The summed E-state index contributed by atoms with van der Waals surface area (Å²) in [6.45, 7) is 5.97. The Bertz CT molecular complexity index is 594. The van der Waals surface area contributed by atoms with E-state index in [0.29, 0.717) is 12.5 Å². The first kappa shape index (κ1) is 16.8. The Morgan fingerprint density at radius 1 is 1.29 bits per heavy atom. The van der Waals surface area contributed by atoms with E-state index in [4.69, 9.17) is 0 Å². The van der Waals surface area contributed by atoms with Gasteiger partial charge in [-0.15, -0.1) is 0 Å². The fourth-order valence-electron chi connectivity index (χ4n) is 3.11. The van der Waals surface area contributed by atoms with E-state index in [2.05, 4.69) is 16.0 Å². The molecule has 1 unspecified atom stereocenters. The normalized spacial score (nSPS) is 18.8. The first-order valence-electron chi connectivity index (χ1n) is 8.77. The zero-order valence-corrected chi connectivity index (χ0v) is 14.2. The Labute approximate surface area is 143 Å². The van der Waals surface area contributed by atoms with Gasteiger partial charge in [0.25, 0.3) is 0 Å². The standard InChI is InChI=1S/C18H26N4O2/c1-13(15-11-19-12-15)17(23)20-10-14-5-4-6-16(9-14)21-18(24)22-7-2-3-8-22/h4-6,9,13,15,19H,2-3,7-8,10-12H2,1H3,(H,20,23)(H,21,24). The molecule has 0 spiro atoms. The molecule has 0 aromatic heterocycles. The van der Waals surface area contributed by atoms with Crippen LogP contribution in [0.15, 0.2) is 24.3 Å². The molecular weight excluding hydrogens is 304 g/mol. The largest absolute Gasteiger partial charge is 0.352 e. The molecule has 2 heterocycles. The predicted octanol–water partition coefficient (Wildman–Crippen LogP) is 1.79. The average Bonchev–Trinajstić information content (AvgIpc) is 3.06. The van der Waals surface area contributed by atoms with Gasteiger partial charge in [-0.05, 0) is 49.5 Å². The lowest BCUT2D eigenvalue weighted by Crippen LogP contribution is -2.49. The number of urea groups is 1. The number of hydrogen-bond acceptors (Lipinski definition) is 3. The van der Waals surface area contributed by atoms with Gasteiger partial charge in [-0.3, -0.25) is 4.79 Å². The van der Waals surface area contributed by atoms with E-state index in [1.54, 1.807) is 0 Å². The molecule has 1 aromatic rings. The minimum absolute atomic E-state index is 0.0318. The van der Waals surface area contributed by atoms with Gasteiger partial charge in [-0.25, -0.2) is 4.79 Å². The Morgan fingerprint density at radius 2 is 2.04 bits per heavy atom. The highest BCUT2D eigenvalue weighted by atomic mass is 16.2. The molecule has 0 aliphatic carbocycles. The third-order valence-corrected chi connectivity index (χ3v) is 4.97. The fraction of sp³-hybridized carbons (Fsp3) is 0.556. The summed E-state index contributed by atoms with van der Waals surface area (Å²) in [4.78, 5) is 26.1. The molecule has 1 aromatic carbocycles. The molecule has 0 radical (unpaired) electrons. The Kier molecular flexibility index (Phi) is 5.35. The smallest absolute Gasteiger partial charge is 0.321 e. The highest BCUT2D eigenvalue weighted by molar-refractivity contribution is 5.89. The number of nitrogens with one attached hydrogen (secondary N) is 3. The first-order valence-corrected chi connectivity index (χ1v) is 8.77. The van der Waals surface area contributed by atoms with Crippen LogP contribution >= 0.6 is 0 Å². The van der Waals surface area contributed by atoms with Crippen molar-refractivity contribution in [1.29, 1.82) is 0 Å². The molecule has 3 N–H and O–H groups in total. The summed E-state index contributed by atoms with van der Waals surface area (Å²) in [6.07, 6.45) is 2.16. The van der Waals surface area contributed by atoms with Crippen molar-refractivity contribution in [3.05, 3.63) is 29.8 Å². The molecule has 3 rings (SSSR count). The molecule has 0 bridgehead atoms. The van der Waals surface area contributed by atoms with Gasteiger partial charge < -0.3 is 20.9 Å². The van der Waals surface area contributed by atoms with Crippen molar-refractivity contribution in [1.82, 2.24) is 15.5 Å². The summed E-state index contributed by atoms with van der Waals surface area (Å²) in [5.74, 6) is 0.563. The van der Waals surface area contributed by atoms with Crippen LogP contribution in [-0.2, 0) is 11.3 Å². The summed E-state index contributed by atoms with van der Waals surface area (Å²) in [7, 11) is 0. The van der Waals surface area contributed by atoms with Crippen LogP contribution in [0.5, 0.6) is 0 Å². The second-order valence-electron chi connectivity index (χ2n) is 6.75. The number of anilines is 1. The minimum Gasteiger partial charge on any atom is -0.352 e. The van der Waals surface area contributed by atoms with Crippen LogP contribution in [0.2, 0.25) is 0 Å². The Morgan fingerprint density at radius 3 is 2.71 bits per heavy atom. The van der Waals surface area contributed by atoms with E-state index < -0.39 is 0 Å². The van der Waals surface area contributed by atoms with E-state index >= 15 is 0 Å². The number of rotatable bonds is 5. The number of likely N-dealkylation sites (tertiary alicyclic amines) is 1. The van der Waals surface area contributed by atoms with Crippen LogP contribution in [0.25, 0.3) is 0 Å². The molecule has 3 amide bonds. The van der Waals surface area contributed by atoms with Crippen molar-refractivity contribution in [2.45, 2.75) is 26.3 Å². The maximum Gasteiger partial charge on any atom is 0.321 e. The van der Waals surface area contributed by atoms with Crippen molar-refractivity contribution < 1.29 is 9.59 Å². The van der Waals surface area contributed by atoms with Gasteiger partial charge in [0.15, 0.2) is 0 Å². The number of carbonyl (C=O) groups excluding carboxylic acids is 2. The van der Waals surface area contributed by atoms with E-state index in [1.807, 2.05) is 36.1 Å². The Balaban J connectivity index is 1.51. The van der Waals surface area contributed by atoms with Crippen LogP contribution < -0.4 is 16.0 Å². The zero-order valence-electron chi connectivity index (χ0n) is 14.2. The molecule has 2 aliphatic heterocycles. The monoisotopic (exact) mass is 330 g/mol. The highest BCUT2D eigenvalue weighted by Crippen LogP contribution is 2.17. The van der Waals surface area contributed by atoms with Gasteiger partial charge in [-0.1, -0.05) is 19.1 Å². The van der Waals surface area contributed by atoms with Crippen LogP contribution in [0, 0.1) is 11.8 Å². The minimum atomic E-state index is -0.0419. The van der Waals surface area contributed by atoms with Crippen molar-refractivity contribution in [3.63, 3.8) is 0 Å². The number of carbonyl (C=O) groups is 2. The van der Waals surface area contributed by atoms with Crippen molar-refractivity contribution in [2.24, 2.45) is 11.8 Å². The zero-order chi connectivity index (χ0) is 16.9. The van der Waals surface area contributed by atoms with Crippen LogP contribution in [0.3, 0.4) is 0 Å². The van der Waals surface area contributed by atoms with Crippen LogP contribution in [0.4, 0.5) is 10.5 Å². The molecule has 2 saturated heterocycles. The molecule has 2 fully saturated rings. The summed E-state index contributed by atoms with van der Waals surface area (Å²) < 4.78 is 0. The summed E-state index contributed by atoms with van der Waals surface area (Å²) in [6, 6.07) is 7.62. The maximum atomic E-state index is 12.2. The average molecular weight is 330 g/mol. The van der Waals surface area contributed by atoms with Gasteiger partial charge in [0, 0.05) is 31.2 Å². The van der Waals surface area contributed by atoms with Crippen molar-refractivity contribution in [3.8, 4) is 0 Å². The summed E-state index contributed by atoms with van der Waals surface area (Å²) in [5, 5.41) is 9.13. The van der Waals surface area contributed by atoms with E-state index in [9.17, 15) is 9.59 Å². The first-order chi connectivity index (χ1) is 11.6. The lowest BCUT2D eigenvalue weighted by Gasteiger charge is -2.31. The third-order valence-electron chi connectivity index (χ3n) is 4.97.